The van der Waals surface area contributed by atoms with Crippen molar-refractivity contribution in [2.75, 3.05) is 0 Å². The molecule has 0 unspecified atom stereocenters. The second-order valence-corrected chi connectivity index (χ2v) is 15.3. The van der Waals surface area contributed by atoms with Crippen LogP contribution in [0.4, 0.5) is 87.8 Å². The first kappa shape index (κ1) is 50.4. The maximum atomic E-state index is 15.4. The van der Waals surface area contributed by atoms with E-state index in [1.807, 2.05) is 11.3 Å². The maximum absolute atomic E-state index is 15.4. The van der Waals surface area contributed by atoms with Crippen LogP contribution in [-0.2, 0) is 13.0 Å². The summed E-state index contributed by atoms with van der Waals surface area (Å²) in [5.74, 6) is -71.4. The quantitative estimate of drug-likeness (QED) is 0.0271. The fourth-order valence-corrected chi connectivity index (χ4v) is 8.20. The SMILES string of the molecule is CCCCCCCCc1c[n+](Cc2ccccc2)cs1.Fc1c(F)c(F)c([B-](c2c(F)c(F)c(F)c(F)c2F)(c2c(F)c(F)c(F)c(F)c2F)c2c(F)c(F)c(F)c(F)c2F)c(F)c1F. The number of benzene rings is 5. The number of aromatic nitrogens is 1. The van der Waals surface area contributed by atoms with E-state index >= 15 is 35.1 Å². The summed E-state index contributed by atoms with van der Waals surface area (Å²) in [7, 11) is 0. The van der Waals surface area contributed by atoms with Crippen molar-refractivity contribution in [3.8, 4) is 0 Å². The fraction of sp³-hybridized carbons (Fsp3) is 0.214. The maximum Gasteiger partial charge on any atom is 0.225 e. The van der Waals surface area contributed by atoms with Crippen molar-refractivity contribution in [3.63, 3.8) is 0 Å². The molecule has 6 aromatic rings. The zero-order valence-electron chi connectivity index (χ0n) is 32.7. The number of halogens is 20. The van der Waals surface area contributed by atoms with Gasteiger partial charge in [0.2, 0.25) is 5.51 Å². The Bertz CT molecular complexity index is 2360. The molecule has 0 spiro atoms. The lowest BCUT2D eigenvalue weighted by atomic mass is 9.12. The molecule has 0 atom stereocenters. The minimum Gasteiger partial charge on any atom is -0.207 e. The Balaban J connectivity index is 0.000000330. The van der Waals surface area contributed by atoms with E-state index in [-0.39, 0.29) is 0 Å². The van der Waals surface area contributed by atoms with Gasteiger partial charge in [-0.1, -0.05) is 80.7 Å². The largest absolute Gasteiger partial charge is 0.225 e. The Labute approximate surface area is 358 Å². The van der Waals surface area contributed by atoms with Gasteiger partial charge in [-0.2, -0.15) is 4.57 Å². The predicted octanol–water partition coefficient (Wildman–Crippen LogP) is 10.8. The third-order valence-corrected chi connectivity index (χ3v) is 11.3. The van der Waals surface area contributed by atoms with E-state index < -0.39 is 144 Å². The van der Waals surface area contributed by atoms with Crippen LogP contribution in [0.3, 0.4) is 0 Å². The highest BCUT2D eigenvalue weighted by Crippen LogP contribution is 2.31. The van der Waals surface area contributed by atoms with E-state index in [1.165, 1.54) is 55.4 Å². The summed E-state index contributed by atoms with van der Waals surface area (Å²) in [6.07, 6.45) is 4.64. The first-order valence-electron chi connectivity index (χ1n) is 18.8. The summed E-state index contributed by atoms with van der Waals surface area (Å²) >= 11 is 1.90. The van der Waals surface area contributed by atoms with Crippen molar-refractivity contribution in [2.45, 2.75) is 58.4 Å². The molecule has 23 heteroatoms. The minimum atomic E-state index is -7.22. The Hall–Kier alpha value is -5.61. The summed E-state index contributed by atoms with van der Waals surface area (Å²) in [4.78, 5) is 1.52. The third kappa shape index (κ3) is 9.03. The number of nitrogens with zero attached hydrogens (tertiary/aromatic N) is 1. The van der Waals surface area contributed by atoms with Crippen LogP contribution in [0.1, 0.15) is 55.9 Å². The van der Waals surface area contributed by atoms with E-state index in [0.29, 0.717) is 0 Å². The summed E-state index contributed by atoms with van der Waals surface area (Å²) in [5, 5.41) is 0. The van der Waals surface area contributed by atoms with E-state index in [2.05, 4.69) is 53.5 Å². The number of unbranched alkanes of at least 4 members (excludes halogenated alkanes) is 5. The lowest BCUT2D eigenvalue weighted by Crippen LogP contribution is -2.81. The molecule has 1 aromatic heterocycles. The molecule has 0 aliphatic carbocycles. The van der Waals surface area contributed by atoms with E-state index in [4.69, 9.17) is 0 Å². The van der Waals surface area contributed by atoms with Gasteiger partial charge in [0.05, 0.1) is 4.88 Å². The summed E-state index contributed by atoms with van der Waals surface area (Å²) in [5.41, 5.74) is -10.7. The van der Waals surface area contributed by atoms with Crippen LogP contribution in [0.15, 0.2) is 42.0 Å². The molecule has 0 amide bonds. The molecule has 65 heavy (non-hydrogen) atoms. The van der Waals surface area contributed by atoms with Crippen LogP contribution in [0, 0.1) is 116 Å². The number of hydrogen-bond donors (Lipinski definition) is 0. The molecule has 0 aliphatic rings. The first-order valence-corrected chi connectivity index (χ1v) is 19.7. The first-order chi connectivity index (χ1) is 30.6. The summed E-state index contributed by atoms with van der Waals surface area (Å²) < 4.78 is 296. The number of rotatable bonds is 13. The van der Waals surface area contributed by atoms with Crippen LogP contribution < -0.4 is 26.4 Å². The van der Waals surface area contributed by atoms with Gasteiger partial charge in [0.1, 0.15) is 52.7 Å². The molecule has 0 aliphatic heterocycles. The van der Waals surface area contributed by atoms with Gasteiger partial charge in [-0.3, -0.25) is 0 Å². The Morgan fingerprint density at radius 1 is 0.385 bits per heavy atom. The van der Waals surface area contributed by atoms with Crippen molar-refractivity contribution in [3.05, 3.63) is 169 Å². The van der Waals surface area contributed by atoms with Gasteiger partial charge in [-0.05, 0) is 12.8 Å². The van der Waals surface area contributed by atoms with Gasteiger partial charge in [-0.15, -0.1) is 21.9 Å². The average molecular weight is 968 g/mol. The molecule has 6 rings (SSSR count). The molecular weight excluding hydrogens is 941 g/mol. The van der Waals surface area contributed by atoms with Crippen LogP contribution in [-0.4, -0.2) is 6.15 Å². The van der Waals surface area contributed by atoms with Crippen molar-refractivity contribution in [2.24, 2.45) is 0 Å². The predicted molar refractivity (Wildman–Crippen MR) is 196 cm³/mol. The molecule has 1 nitrogen and oxygen atoms in total. The minimum absolute atomic E-state index is 0.994. The standard InChI is InChI=1S/C24BF20.C18H26NS/c26-5-1(6(27)14(35)21(42)13(5)34)25(2-7(28)15(36)22(43)16(37)8(2)29,3-9(30)17(38)23(44)18(39)10(3)31)4-11(32)19(40)24(45)20(41)12(4)33;1-2-3-4-5-6-10-13-18-15-19(16-20-18)14-17-11-8-7-9-12-17/h;7-9,11-12,15-16H,2-6,10,13-14H2,1H3/q-1;+1. The summed E-state index contributed by atoms with van der Waals surface area (Å²) in [6, 6.07) is 10.7. The number of thiazole rings is 1. The fourth-order valence-electron chi connectivity index (χ4n) is 7.34. The van der Waals surface area contributed by atoms with Gasteiger partial charge >= 0.3 is 0 Å². The number of hydrogen-bond acceptors (Lipinski definition) is 1. The summed E-state index contributed by atoms with van der Waals surface area (Å²) in [6.45, 7) is 3.27. The molecule has 0 bridgehead atoms. The van der Waals surface area contributed by atoms with Crippen molar-refractivity contribution >= 4 is 39.3 Å². The molecule has 0 fully saturated rings. The highest BCUT2D eigenvalue weighted by atomic mass is 32.1. The van der Waals surface area contributed by atoms with Crippen molar-refractivity contribution in [1.82, 2.24) is 0 Å². The molecule has 0 radical (unpaired) electrons. The molecule has 348 valence electrons. The van der Waals surface area contributed by atoms with Gasteiger partial charge < -0.3 is 0 Å². The molecule has 0 saturated carbocycles. The second kappa shape index (κ2) is 20.3. The van der Waals surface area contributed by atoms with Gasteiger partial charge in [0.15, 0.2) is 82.5 Å². The van der Waals surface area contributed by atoms with Crippen LogP contribution in [0.2, 0.25) is 0 Å². The van der Waals surface area contributed by atoms with Crippen molar-refractivity contribution in [1.29, 1.82) is 0 Å². The van der Waals surface area contributed by atoms with Gasteiger partial charge in [-0.25, -0.2) is 87.8 Å². The zero-order chi connectivity index (χ0) is 48.4. The topological polar surface area (TPSA) is 3.88 Å². The molecule has 0 saturated heterocycles. The molecule has 5 aromatic carbocycles. The second-order valence-electron chi connectivity index (χ2n) is 14.3. The zero-order valence-corrected chi connectivity index (χ0v) is 33.5. The van der Waals surface area contributed by atoms with E-state index in [1.54, 1.807) is 0 Å². The smallest absolute Gasteiger partial charge is 0.207 e. The third-order valence-electron chi connectivity index (χ3n) is 10.3. The lowest BCUT2D eigenvalue weighted by Gasteiger charge is -2.44. The Morgan fingerprint density at radius 3 is 1.00 bits per heavy atom. The Morgan fingerprint density at radius 2 is 0.677 bits per heavy atom. The van der Waals surface area contributed by atoms with Crippen LogP contribution in [0.25, 0.3) is 0 Å². The van der Waals surface area contributed by atoms with E-state index in [0.717, 1.165) is 6.54 Å². The highest BCUT2D eigenvalue weighted by molar-refractivity contribution is 7.20. The Kier molecular flexibility index (Phi) is 15.7. The van der Waals surface area contributed by atoms with Gasteiger partial charge in [0, 0.05) is 5.56 Å². The van der Waals surface area contributed by atoms with E-state index in [9.17, 15) is 52.7 Å². The normalized spacial score (nSPS) is 11.6. The molecule has 1 heterocycles. The van der Waals surface area contributed by atoms with Crippen molar-refractivity contribution < 1.29 is 92.4 Å². The van der Waals surface area contributed by atoms with Crippen LogP contribution >= 0.6 is 11.3 Å². The number of aryl methyl sites for hydroxylation is 1. The highest BCUT2D eigenvalue weighted by Gasteiger charge is 2.52. The van der Waals surface area contributed by atoms with Gasteiger partial charge in [0.25, 0.3) is 0 Å². The monoisotopic (exact) mass is 967 g/mol. The average Bonchev–Trinajstić information content (AvgIpc) is 3.74. The van der Waals surface area contributed by atoms with Crippen LogP contribution in [0.5, 0.6) is 0 Å². The molecular formula is C42H26BF20NS. The lowest BCUT2D eigenvalue weighted by molar-refractivity contribution is -0.683. The molecule has 0 N–H and O–H groups in total.